The molecular weight excluding hydrogens is 519 g/mol. The highest BCUT2D eigenvalue weighted by molar-refractivity contribution is 14.0. The first-order valence-electron chi connectivity index (χ1n) is 10.6. The van der Waals surface area contributed by atoms with Crippen molar-refractivity contribution in [2.75, 3.05) is 20.7 Å². The number of nitrogens with one attached hydrogen (secondary N) is 3. The van der Waals surface area contributed by atoms with Crippen LogP contribution in [0.1, 0.15) is 37.0 Å². The van der Waals surface area contributed by atoms with Gasteiger partial charge in [0.05, 0.1) is 19.8 Å². The number of halogens is 1. The summed E-state index contributed by atoms with van der Waals surface area (Å²) in [6, 6.07) is 13.7. The first-order chi connectivity index (χ1) is 14.9. The maximum absolute atomic E-state index is 12.2. The van der Waals surface area contributed by atoms with Crippen LogP contribution >= 0.6 is 24.0 Å². The standard InChI is InChI=1S/C24H34N4O3.HI/c1-6-18(3)31-22-13-17(2)7-10-20(22)15-27-24(25-4)28-16-23(29)26-14-19-8-11-21(30-5)12-9-19;/h7-13,18H,6,14-16H2,1-5H3,(H,26,29)(H2,25,27,28);1H. The lowest BCUT2D eigenvalue weighted by molar-refractivity contribution is -0.120. The Kier molecular flexibility index (Phi) is 12.5. The Morgan fingerprint density at radius 1 is 1.06 bits per heavy atom. The van der Waals surface area contributed by atoms with Crippen molar-refractivity contribution in [3.8, 4) is 11.5 Å². The third kappa shape index (κ3) is 9.33. The number of hydrogen-bond donors (Lipinski definition) is 3. The lowest BCUT2D eigenvalue weighted by Crippen LogP contribution is -2.42. The summed E-state index contributed by atoms with van der Waals surface area (Å²) in [5.74, 6) is 2.09. The van der Waals surface area contributed by atoms with E-state index in [1.54, 1.807) is 14.2 Å². The summed E-state index contributed by atoms with van der Waals surface area (Å²) in [7, 11) is 3.30. The van der Waals surface area contributed by atoms with Crippen molar-refractivity contribution in [2.45, 2.75) is 46.4 Å². The van der Waals surface area contributed by atoms with E-state index in [2.05, 4.69) is 46.9 Å². The molecule has 1 unspecified atom stereocenters. The number of benzene rings is 2. The summed E-state index contributed by atoms with van der Waals surface area (Å²) in [5.41, 5.74) is 3.20. The van der Waals surface area contributed by atoms with Gasteiger partial charge < -0.3 is 25.4 Å². The van der Waals surface area contributed by atoms with E-state index in [4.69, 9.17) is 9.47 Å². The molecule has 1 atom stereocenters. The van der Waals surface area contributed by atoms with E-state index in [9.17, 15) is 4.79 Å². The maximum Gasteiger partial charge on any atom is 0.239 e. The number of amides is 1. The van der Waals surface area contributed by atoms with Crippen molar-refractivity contribution < 1.29 is 14.3 Å². The van der Waals surface area contributed by atoms with Crippen molar-refractivity contribution in [3.63, 3.8) is 0 Å². The average Bonchev–Trinajstić information content (AvgIpc) is 2.79. The van der Waals surface area contributed by atoms with Gasteiger partial charge in [0, 0.05) is 25.7 Å². The lowest BCUT2D eigenvalue weighted by Gasteiger charge is -2.18. The van der Waals surface area contributed by atoms with Crippen molar-refractivity contribution in [3.05, 3.63) is 59.2 Å². The Bertz CT molecular complexity index is 872. The molecule has 7 nitrogen and oxygen atoms in total. The van der Waals surface area contributed by atoms with Gasteiger partial charge in [-0.25, -0.2) is 0 Å². The van der Waals surface area contributed by atoms with Gasteiger partial charge in [-0.1, -0.05) is 31.2 Å². The minimum absolute atomic E-state index is 0. The zero-order valence-corrected chi connectivity index (χ0v) is 21.9. The Balaban J connectivity index is 0.00000512. The Morgan fingerprint density at radius 2 is 1.78 bits per heavy atom. The van der Waals surface area contributed by atoms with Crippen LogP contribution in [0.15, 0.2) is 47.5 Å². The number of aliphatic imine (C=N–C) groups is 1. The Morgan fingerprint density at radius 3 is 2.41 bits per heavy atom. The topological polar surface area (TPSA) is 84.0 Å². The van der Waals surface area contributed by atoms with Gasteiger partial charge in [-0.2, -0.15) is 0 Å². The number of hydrogen-bond acceptors (Lipinski definition) is 4. The van der Waals surface area contributed by atoms with E-state index in [0.29, 0.717) is 19.0 Å². The highest BCUT2D eigenvalue weighted by Crippen LogP contribution is 2.22. The van der Waals surface area contributed by atoms with E-state index in [1.807, 2.05) is 37.3 Å². The Labute approximate surface area is 208 Å². The number of nitrogens with zero attached hydrogens (tertiary/aromatic N) is 1. The highest BCUT2D eigenvalue weighted by Gasteiger charge is 2.09. The second-order valence-corrected chi connectivity index (χ2v) is 7.35. The highest BCUT2D eigenvalue weighted by atomic mass is 127. The van der Waals surface area contributed by atoms with Crippen LogP contribution in [0.4, 0.5) is 0 Å². The molecule has 0 aliphatic heterocycles. The fourth-order valence-electron chi connectivity index (χ4n) is 2.79. The molecule has 0 bridgehead atoms. The van der Waals surface area contributed by atoms with Gasteiger partial charge in [-0.05, 0) is 49.6 Å². The third-order valence-corrected chi connectivity index (χ3v) is 4.86. The molecule has 3 N–H and O–H groups in total. The molecule has 0 heterocycles. The summed E-state index contributed by atoms with van der Waals surface area (Å²) < 4.78 is 11.2. The maximum atomic E-state index is 12.2. The molecule has 32 heavy (non-hydrogen) atoms. The number of ether oxygens (including phenoxy) is 2. The normalized spacial score (nSPS) is 11.7. The van der Waals surface area contributed by atoms with Gasteiger partial charge in [0.25, 0.3) is 0 Å². The van der Waals surface area contributed by atoms with Gasteiger partial charge in [0.2, 0.25) is 5.91 Å². The van der Waals surface area contributed by atoms with Crippen LogP contribution < -0.4 is 25.4 Å². The van der Waals surface area contributed by atoms with Gasteiger partial charge >= 0.3 is 0 Å². The first kappa shape index (κ1) is 27.5. The molecule has 0 saturated heterocycles. The second kappa shape index (κ2) is 14.5. The van der Waals surface area contributed by atoms with Crippen molar-refractivity contribution in [2.24, 2.45) is 4.99 Å². The van der Waals surface area contributed by atoms with Gasteiger partial charge in [-0.3, -0.25) is 9.79 Å². The molecule has 0 aromatic heterocycles. The van der Waals surface area contributed by atoms with Crippen LogP contribution in [0.3, 0.4) is 0 Å². The van der Waals surface area contributed by atoms with Gasteiger partial charge in [0.1, 0.15) is 11.5 Å². The molecule has 0 saturated carbocycles. The number of carbonyl (C=O) groups excluding carboxylic acids is 1. The van der Waals surface area contributed by atoms with Crippen molar-refractivity contribution in [1.82, 2.24) is 16.0 Å². The number of carbonyl (C=O) groups is 1. The molecule has 2 rings (SSSR count). The third-order valence-electron chi connectivity index (χ3n) is 4.86. The van der Waals surface area contributed by atoms with E-state index in [1.165, 1.54) is 0 Å². The van der Waals surface area contributed by atoms with Crippen LogP contribution in [-0.4, -0.2) is 38.7 Å². The monoisotopic (exact) mass is 554 g/mol. The van der Waals surface area contributed by atoms with Crippen LogP contribution in [-0.2, 0) is 17.9 Å². The minimum atomic E-state index is -0.116. The molecule has 1 amide bonds. The average molecular weight is 554 g/mol. The van der Waals surface area contributed by atoms with E-state index in [-0.39, 0.29) is 42.5 Å². The minimum Gasteiger partial charge on any atom is -0.497 e. The number of rotatable bonds is 10. The summed E-state index contributed by atoms with van der Waals surface area (Å²) >= 11 is 0. The predicted octanol–water partition coefficient (Wildman–Crippen LogP) is 3.78. The molecule has 176 valence electrons. The predicted molar refractivity (Wildman–Crippen MR) is 140 cm³/mol. The zero-order chi connectivity index (χ0) is 22.6. The quantitative estimate of drug-likeness (QED) is 0.237. The smallest absolute Gasteiger partial charge is 0.239 e. The van der Waals surface area contributed by atoms with Crippen LogP contribution in [0.2, 0.25) is 0 Å². The second-order valence-electron chi connectivity index (χ2n) is 7.35. The van der Waals surface area contributed by atoms with Gasteiger partial charge in [0.15, 0.2) is 5.96 Å². The van der Waals surface area contributed by atoms with E-state index < -0.39 is 0 Å². The summed E-state index contributed by atoms with van der Waals surface area (Å²) in [5, 5.41) is 9.17. The number of methoxy groups -OCH3 is 1. The molecule has 8 heteroatoms. The van der Waals surface area contributed by atoms with Gasteiger partial charge in [-0.15, -0.1) is 24.0 Å². The summed E-state index contributed by atoms with van der Waals surface area (Å²) in [6.07, 6.45) is 1.09. The summed E-state index contributed by atoms with van der Waals surface area (Å²) in [6.45, 7) is 7.33. The molecule has 0 fully saturated rings. The fraction of sp³-hybridized carbons (Fsp3) is 0.417. The summed E-state index contributed by atoms with van der Waals surface area (Å²) in [4.78, 5) is 16.4. The molecule has 0 aliphatic rings. The SMILES string of the molecule is CCC(C)Oc1cc(C)ccc1CNC(=NC)NCC(=O)NCc1ccc(OC)cc1.I. The number of guanidine groups is 1. The van der Waals surface area contributed by atoms with E-state index >= 15 is 0 Å². The zero-order valence-electron chi connectivity index (χ0n) is 19.5. The van der Waals surface area contributed by atoms with E-state index in [0.717, 1.165) is 34.6 Å². The lowest BCUT2D eigenvalue weighted by atomic mass is 10.1. The molecule has 2 aromatic carbocycles. The molecule has 2 aromatic rings. The van der Waals surface area contributed by atoms with Crippen molar-refractivity contribution in [1.29, 1.82) is 0 Å². The van der Waals surface area contributed by atoms with Crippen LogP contribution in [0, 0.1) is 6.92 Å². The first-order valence-corrected chi connectivity index (χ1v) is 10.6. The Hall–Kier alpha value is -2.49. The van der Waals surface area contributed by atoms with Crippen LogP contribution in [0.5, 0.6) is 11.5 Å². The fourth-order valence-corrected chi connectivity index (χ4v) is 2.79. The molecular formula is C24H35IN4O3. The largest absolute Gasteiger partial charge is 0.497 e. The number of aryl methyl sites for hydroxylation is 1. The molecule has 0 spiro atoms. The van der Waals surface area contributed by atoms with Crippen LogP contribution in [0.25, 0.3) is 0 Å². The molecule has 0 radical (unpaired) electrons. The molecule has 0 aliphatic carbocycles. The van der Waals surface area contributed by atoms with Crippen molar-refractivity contribution >= 4 is 35.8 Å².